The molecule has 3 aromatic carbocycles. The molecule has 4 nitrogen and oxygen atoms in total. The fourth-order valence-electron chi connectivity index (χ4n) is 3.92. The van der Waals surface area contributed by atoms with Crippen molar-refractivity contribution in [1.29, 1.82) is 0 Å². The van der Waals surface area contributed by atoms with Crippen molar-refractivity contribution in [3.63, 3.8) is 0 Å². The van der Waals surface area contributed by atoms with Crippen LogP contribution in [-0.2, 0) is 6.54 Å². The monoisotopic (exact) mass is 403 g/mol. The van der Waals surface area contributed by atoms with Gasteiger partial charge in [0.2, 0.25) is 0 Å². The van der Waals surface area contributed by atoms with Crippen LogP contribution >= 0.6 is 0 Å². The molecule has 5 rings (SSSR count). The summed E-state index contributed by atoms with van der Waals surface area (Å²) in [5.41, 5.74) is 5.12. The molecule has 0 saturated heterocycles. The second kappa shape index (κ2) is 8.00. The number of pyridine rings is 2. The van der Waals surface area contributed by atoms with Crippen LogP contribution in [0.5, 0.6) is 0 Å². The van der Waals surface area contributed by atoms with Crippen LogP contribution in [0.15, 0.2) is 97.2 Å². The minimum absolute atomic E-state index is 0.0668. The average molecular weight is 403 g/mol. The minimum atomic E-state index is -0.0668. The summed E-state index contributed by atoms with van der Waals surface area (Å²) in [6.07, 6.45) is 1.69. The average Bonchev–Trinajstić information content (AvgIpc) is 2.82. The Morgan fingerprint density at radius 1 is 0.806 bits per heavy atom. The van der Waals surface area contributed by atoms with Gasteiger partial charge < -0.3 is 4.90 Å². The maximum Gasteiger partial charge on any atom is 0.259 e. The maximum atomic E-state index is 13.8. The number of rotatable bonds is 4. The standard InChI is InChI=1S/C27H21N3O/c1-19-8-2-7-13-26(19)30(18-21-15-14-20-9-3-5-11-24(20)29-21)27(31)23-16-17-28-25-12-6-4-10-22(23)25/h2-17H,18H2,1H3. The molecule has 0 fully saturated rings. The second-order valence-corrected chi connectivity index (χ2v) is 7.55. The highest BCUT2D eigenvalue weighted by atomic mass is 16.2. The smallest absolute Gasteiger partial charge is 0.259 e. The van der Waals surface area contributed by atoms with Crippen molar-refractivity contribution < 1.29 is 4.79 Å². The zero-order valence-electron chi connectivity index (χ0n) is 17.2. The number of hydrogen-bond acceptors (Lipinski definition) is 3. The molecule has 2 aromatic heterocycles. The zero-order chi connectivity index (χ0) is 21.2. The predicted octanol–water partition coefficient (Wildman–Crippen LogP) is 5.94. The number of benzene rings is 3. The van der Waals surface area contributed by atoms with Crippen LogP contribution in [0.1, 0.15) is 21.6 Å². The molecule has 0 aliphatic rings. The number of amides is 1. The van der Waals surface area contributed by atoms with E-state index >= 15 is 0 Å². The molecule has 0 radical (unpaired) electrons. The lowest BCUT2D eigenvalue weighted by molar-refractivity contribution is 0.0986. The second-order valence-electron chi connectivity index (χ2n) is 7.55. The van der Waals surface area contributed by atoms with E-state index in [2.05, 4.69) is 11.1 Å². The van der Waals surface area contributed by atoms with Gasteiger partial charge in [0.15, 0.2) is 0 Å². The van der Waals surface area contributed by atoms with Crippen molar-refractivity contribution >= 4 is 33.4 Å². The third-order valence-electron chi connectivity index (χ3n) is 5.51. The molecular weight excluding hydrogens is 382 g/mol. The Balaban J connectivity index is 1.61. The molecular formula is C27H21N3O. The molecule has 150 valence electrons. The van der Waals surface area contributed by atoms with E-state index in [0.29, 0.717) is 12.1 Å². The Hall–Kier alpha value is -4.05. The van der Waals surface area contributed by atoms with Gasteiger partial charge in [0.1, 0.15) is 0 Å². The normalized spacial score (nSPS) is 11.0. The first-order chi connectivity index (χ1) is 15.2. The summed E-state index contributed by atoms with van der Waals surface area (Å²) in [5.74, 6) is -0.0668. The van der Waals surface area contributed by atoms with E-state index in [-0.39, 0.29) is 5.91 Å². The van der Waals surface area contributed by atoms with Crippen LogP contribution in [0.4, 0.5) is 5.69 Å². The first-order valence-electron chi connectivity index (χ1n) is 10.3. The summed E-state index contributed by atoms with van der Waals surface area (Å²) in [6.45, 7) is 2.40. The third kappa shape index (κ3) is 3.64. The summed E-state index contributed by atoms with van der Waals surface area (Å²) < 4.78 is 0. The molecule has 5 aromatic rings. The molecule has 0 aliphatic heterocycles. The van der Waals surface area contributed by atoms with Gasteiger partial charge in [-0.05, 0) is 42.8 Å². The summed E-state index contributed by atoms with van der Waals surface area (Å²) in [4.78, 5) is 24.9. The van der Waals surface area contributed by atoms with Crippen molar-refractivity contribution in [3.8, 4) is 0 Å². The summed E-state index contributed by atoms with van der Waals surface area (Å²) >= 11 is 0. The summed E-state index contributed by atoms with van der Waals surface area (Å²) in [5, 5.41) is 1.93. The van der Waals surface area contributed by atoms with E-state index in [1.807, 2.05) is 90.7 Å². The number of aromatic nitrogens is 2. The van der Waals surface area contributed by atoms with Crippen molar-refractivity contribution in [3.05, 3.63) is 114 Å². The van der Waals surface area contributed by atoms with Crippen molar-refractivity contribution in [1.82, 2.24) is 9.97 Å². The van der Waals surface area contributed by atoms with Gasteiger partial charge in [-0.25, -0.2) is 0 Å². The molecule has 0 N–H and O–H groups in total. The molecule has 0 bridgehead atoms. The fraction of sp³-hybridized carbons (Fsp3) is 0.0741. The van der Waals surface area contributed by atoms with E-state index in [4.69, 9.17) is 4.98 Å². The van der Waals surface area contributed by atoms with E-state index < -0.39 is 0 Å². The summed E-state index contributed by atoms with van der Waals surface area (Å²) in [7, 11) is 0. The van der Waals surface area contributed by atoms with Crippen LogP contribution in [0.25, 0.3) is 21.8 Å². The van der Waals surface area contributed by atoms with E-state index in [0.717, 1.165) is 38.8 Å². The number of carbonyl (C=O) groups is 1. The quantitative estimate of drug-likeness (QED) is 0.373. The SMILES string of the molecule is Cc1ccccc1N(Cc1ccc2ccccc2n1)C(=O)c1ccnc2ccccc12. The predicted molar refractivity (Wildman–Crippen MR) is 125 cm³/mol. The molecule has 0 atom stereocenters. The molecule has 2 heterocycles. The molecule has 0 aliphatic carbocycles. The number of fused-ring (bicyclic) bond motifs is 2. The Kier molecular flexibility index (Phi) is 4.89. The van der Waals surface area contributed by atoms with Gasteiger partial charge in [-0.3, -0.25) is 14.8 Å². The number of anilines is 1. The Morgan fingerprint density at radius 2 is 1.55 bits per heavy atom. The lowest BCUT2D eigenvalue weighted by atomic mass is 10.1. The number of carbonyl (C=O) groups excluding carboxylic acids is 1. The summed E-state index contributed by atoms with van der Waals surface area (Å²) in [6, 6.07) is 29.5. The van der Waals surface area contributed by atoms with Crippen molar-refractivity contribution in [2.75, 3.05) is 4.90 Å². The van der Waals surface area contributed by atoms with Gasteiger partial charge in [0.25, 0.3) is 5.91 Å². The van der Waals surface area contributed by atoms with E-state index in [1.165, 1.54) is 0 Å². The highest BCUT2D eigenvalue weighted by Gasteiger charge is 2.22. The lowest BCUT2D eigenvalue weighted by Crippen LogP contribution is -2.31. The van der Waals surface area contributed by atoms with Crippen molar-refractivity contribution in [2.45, 2.75) is 13.5 Å². The van der Waals surface area contributed by atoms with Gasteiger partial charge in [0.05, 0.1) is 28.8 Å². The van der Waals surface area contributed by atoms with Gasteiger partial charge in [-0.2, -0.15) is 0 Å². The van der Waals surface area contributed by atoms with Crippen LogP contribution in [0.2, 0.25) is 0 Å². The van der Waals surface area contributed by atoms with Crippen molar-refractivity contribution in [2.24, 2.45) is 0 Å². The zero-order valence-corrected chi connectivity index (χ0v) is 17.2. The highest BCUT2D eigenvalue weighted by molar-refractivity contribution is 6.13. The largest absolute Gasteiger partial charge is 0.302 e. The van der Waals surface area contributed by atoms with Gasteiger partial charge in [-0.1, -0.05) is 60.7 Å². The van der Waals surface area contributed by atoms with Crippen LogP contribution in [0, 0.1) is 6.92 Å². The van der Waals surface area contributed by atoms with E-state index in [9.17, 15) is 4.79 Å². The lowest BCUT2D eigenvalue weighted by Gasteiger charge is -2.25. The van der Waals surface area contributed by atoms with Crippen LogP contribution in [0.3, 0.4) is 0 Å². The van der Waals surface area contributed by atoms with E-state index in [1.54, 1.807) is 12.3 Å². The highest BCUT2D eigenvalue weighted by Crippen LogP contribution is 2.26. The van der Waals surface area contributed by atoms with Gasteiger partial charge >= 0.3 is 0 Å². The number of hydrogen-bond donors (Lipinski definition) is 0. The molecule has 1 amide bonds. The topological polar surface area (TPSA) is 46.1 Å². The van der Waals surface area contributed by atoms with Crippen LogP contribution in [-0.4, -0.2) is 15.9 Å². The Bertz CT molecular complexity index is 1400. The van der Waals surface area contributed by atoms with Crippen LogP contribution < -0.4 is 4.90 Å². The van der Waals surface area contributed by atoms with Gasteiger partial charge in [0, 0.05) is 22.7 Å². The Labute approximate surface area is 180 Å². The van der Waals surface area contributed by atoms with Gasteiger partial charge in [-0.15, -0.1) is 0 Å². The molecule has 4 heteroatoms. The number of aryl methyl sites for hydroxylation is 1. The molecule has 0 unspecified atom stereocenters. The third-order valence-corrected chi connectivity index (χ3v) is 5.51. The fourth-order valence-corrected chi connectivity index (χ4v) is 3.92. The molecule has 0 saturated carbocycles. The molecule has 0 spiro atoms. The minimum Gasteiger partial charge on any atom is -0.302 e. The number of para-hydroxylation sites is 3. The Morgan fingerprint density at radius 3 is 2.42 bits per heavy atom. The molecule has 31 heavy (non-hydrogen) atoms. The first-order valence-corrected chi connectivity index (χ1v) is 10.3. The maximum absolute atomic E-state index is 13.8. The number of nitrogens with zero attached hydrogens (tertiary/aromatic N) is 3. The first kappa shape index (κ1) is 18.9.